The van der Waals surface area contributed by atoms with Crippen LogP contribution < -0.4 is 0 Å². The molecule has 0 fully saturated rings. The van der Waals surface area contributed by atoms with Crippen molar-refractivity contribution in [2.24, 2.45) is 5.92 Å². The van der Waals surface area contributed by atoms with Gasteiger partial charge in [-0.1, -0.05) is 23.7 Å². The zero-order valence-corrected chi connectivity index (χ0v) is 10.7. The van der Waals surface area contributed by atoms with Crippen molar-refractivity contribution >= 4 is 29.0 Å². The molecule has 2 nitrogen and oxygen atoms in total. The van der Waals surface area contributed by atoms with E-state index in [9.17, 15) is 4.79 Å². The van der Waals surface area contributed by atoms with Crippen LogP contribution in [0.15, 0.2) is 47.8 Å². The lowest BCUT2D eigenvalue weighted by Crippen LogP contribution is -2.33. The van der Waals surface area contributed by atoms with Crippen LogP contribution in [0.2, 0.25) is 0 Å². The molecule has 1 aromatic heterocycles. The smallest absolute Gasteiger partial charge is 0.139 e. The van der Waals surface area contributed by atoms with E-state index >= 15 is 0 Å². The third-order valence-electron chi connectivity index (χ3n) is 2.79. The maximum Gasteiger partial charge on any atom is 0.139 e. The average molecular weight is 268 g/mol. The SMILES string of the molecule is CC(=O)C1C=CC(Cl)=CC1(Cl)c1cccnc1. The highest BCUT2D eigenvalue weighted by Gasteiger charge is 2.40. The summed E-state index contributed by atoms with van der Waals surface area (Å²) in [6.45, 7) is 1.52. The Balaban J connectivity index is 2.52. The zero-order valence-electron chi connectivity index (χ0n) is 9.23. The molecule has 0 radical (unpaired) electrons. The van der Waals surface area contributed by atoms with Crippen molar-refractivity contribution in [1.29, 1.82) is 0 Å². The van der Waals surface area contributed by atoms with Gasteiger partial charge in [0.2, 0.25) is 0 Å². The van der Waals surface area contributed by atoms with Crippen LogP contribution >= 0.6 is 23.2 Å². The fourth-order valence-electron chi connectivity index (χ4n) is 1.95. The number of hydrogen-bond donors (Lipinski definition) is 0. The number of nitrogens with zero attached hydrogens (tertiary/aromatic N) is 1. The minimum atomic E-state index is -0.939. The van der Waals surface area contributed by atoms with E-state index in [4.69, 9.17) is 23.2 Å². The van der Waals surface area contributed by atoms with Crippen LogP contribution in [0, 0.1) is 5.92 Å². The second kappa shape index (κ2) is 4.63. The summed E-state index contributed by atoms with van der Waals surface area (Å²) >= 11 is 12.6. The highest BCUT2D eigenvalue weighted by Crippen LogP contribution is 2.43. The van der Waals surface area contributed by atoms with Gasteiger partial charge in [-0.05, 0) is 30.7 Å². The Bertz CT molecular complexity index is 495. The van der Waals surface area contributed by atoms with Crippen molar-refractivity contribution in [2.75, 3.05) is 0 Å². The van der Waals surface area contributed by atoms with Gasteiger partial charge in [0.15, 0.2) is 0 Å². The van der Waals surface area contributed by atoms with E-state index < -0.39 is 10.8 Å². The van der Waals surface area contributed by atoms with Gasteiger partial charge in [0.05, 0.1) is 5.92 Å². The molecule has 0 saturated carbocycles. The van der Waals surface area contributed by atoms with Crippen molar-refractivity contribution in [1.82, 2.24) is 4.98 Å². The Morgan fingerprint density at radius 1 is 1.53 bits per heavy atom. The molecular formula is C13H11Cl2NO. The van der Waals surface area contributed by atoms with Crippen molar-refractivity contribution in [2.45, 2.75) is 11.8 Å². The summed E-state index contributed by atoms with van der Waals surface area (Å²) in [6, 6.07) is 3.63. The molecule has 0 amide bonds. The third kappa shape index (κ3) is 2.28. The minimum absolute atomic E-state index is 0.000481. The number of aromatic nitrogens is 1. The van der Waals surface area contributed by atoms with Crippen LogP contribution in [0.5, 0.6) is 0 Å². The van der Waals surface area contributed by atoms with Gasteiger partial charge in [-0.3, -0.25) is 9.78 Å². The molecule has 4 heteroatoms. The van der Waals surface area contributed by atoms with Gasteiger partial charge in [-0.15, -0.1) is 11.6 Å². The van der Waals surface area contributed by atoms with Crippen LogP contribution in [0.3, 0.4) is 0 Å². The predicted molar refractivity (Wildman–Crippen MR) is 69.0 cm³/mol. The van der Waals surface area contributed by atoms with Crippen molar-refractivity contribution in [3.63, 3.8) is 0 Å². The monoisotopic (exact) mass is 267 g/mol. The Hall–Kier alpha value is -1.12. The fraction of sp³-hybridized carbons (Fsp3) is 0.231. The average Bonchev–Trinajstić information content (AvgIpc) is 2.29. The van der Waals surface area contributed by atoms with Gasteiger partial charge < -0.3 is 0 Å². The molecule has 1 aliphatic rings. The molecule has 0 aromatic carbocycles. The summed E-state index contributed by atoms with van der Waals surface area (Å²) in [5.41, 5.74) is 0.768. The molecule has 0 bridgehead atoms. The summed E-state index contributed by atoms with van der Waals surface area (Å²) in [4.78, 5) is 14.8. The van der Waals surface area contributed by atoms with Crippen molar-refractivity contribution in [3.8, 4) is 0 Å². The number of alkyl halides is 1. The lowest BCUT2D eigenvalue weighted by Gasteiger charge is -2.32. The number of carbonyl (C=O) groups excluding carboxylic acids is 1. The summed E-state index contributed by atoms with van der Waals surface area (Å²) in [7, 11) is 0. The van der Waals surface area contributed by atoms with Crippen LogP contribution in [0.25, 0.3) is 0 Å². The first-order chi connectivity index (χ1) is 8.04. The molecule has 0 spiro atoms. The van der Waals surface area contributed by atoms with Crippen LogP contribution in [0.4, 0.5) is 0 Å². The normalized spacial score (nSPS) is 27.7. The summed E-state index contributed by atoms with van der Waals surface area (Å²) in [6.07, 6.45) is 8.45. The Morgan fingerprint density at radius 3 is 2.88 bits per heavy atom. The Labute approximate surface area is 110 Å². The zero-order chi connectivity index (χ0) is 12.5. The van der Waals surface area contributed by atoms with Gasteiger partial charge in [0.25, 0.3) is 0 Å². The molecule has 0 N–H and O–H groups in total. The van der Waals surface area contributed by atoms with Gasteiger partial charge in [-0.2, -0.15) is 0 Å². The second-order valence-corrected chi connectivity index (χ2v) is 5.05. The molecule has 1 aromatic rings. The quantitative estimate of drug-likeness (QED) is 0.769. The number of Topliss-reactive ketones (excluding diaryl/α,β-unsaturated/α-hetero) is 1. The van der Waals surface area contributed by atoms with E-state index in [-0.39, 0.29) is 5.78 Å². The van der Waals surface area contributed by atoms with Gasteiger partial charge in [0, 0.05) is 17.4 Å². The standard InChI is InChI=1S/C13H11Cl2NO/c1-9(17)12-5-4-11(14)7-13(12,15)10-3-2-6-16-8-10/h2-8,12H,1H3. The molecule has 88 valence electrons. The molecule has 0 saturated heterocycles. The largest absolute Gasteiger partial charge is 0.299 e. The molecule has 2 atom stereocenters. The maximum absolute atomic E-state index is 11.7. The first-order valence-corrected chi connectivity index (χ1v) is 5.96. The molecule has 1 heterocycles. The topological polar surface area (TPSA) is 30.0 Å². The number of pyridine rings is 1. The lowest BCUT2D eigenvalue weighted by atomic mass is 9.80. The van der Waals surface area contributed by atoms with E-state index in [1.807, 2.05) is 6.07 Å². The van der Waals surface area contributed by atoms with E-state index in [1.54, 1.807) is 36.7 Å². The lowest BCUT2D eigenvalue weighted by molar-refractivity contribution is -0.120. The fourth-order valence-corrected chi connectivity index (χ4v) is 2.71. The maximum atomic E-state index is 11.7. The minimum Gasteiger partial charge on any atom is -0.299 e. The van der Waals surface area contributed by atoms with E-state index in [2.05, 4.69) is 4.98 Å². The summed E-state index contributed by atoms with van der Waals surface area (Å²) in [5, 5.41) is 0.529. The molecule has 0 aliphatic heterocycles. The molecule has 2 rings (SSSR count). The van der Waals surface area contributed by atoms with Crippen LogP contribution in [-0.2, 0) is 9.67 Å². The third-order valence-corrected chi connectivity index (χ3v) is 3.59. The van der Waals surface area contributed by atoms with E-state index in [1.165, 1.54) is 6.92 Å². The predicted octanol–water partition coefficient (Wildman–Crippen LogP) is 3.41. The summed E-state index contributed by atoms with van der Waals surface area (Å²) in [5.74, 6) is -0.420. The van der Waals surface area contributed by atoms with Gasteiger partial charge in [-0.25, -0.2) is 0 Å². The Kier molecular flexibility index (Phi) is 3.36. The molecule has 2 unspecified atom stereocenters. The summed E-state index contributed by atoms with van der Waals surface area (Å²) < 4.78 is 0. The highest BCUT2D eigenvalue weighted by molar-refractivity contribution is 6.34. The number of hydrogen-bond acceptors (Lipinski definition) is 2. The number of carbonyl (C=O) groups is 1. The van der Waals surface area contributed by atoms with E-state index in [0.717, 1.165) is 5.56 Å². The highest BCUT2D eigenvalue weighted by atomic mass is 35.5. The van der Waals surface area contributed by atoms with Gasteiger partial charge in [0.1, 0.15) is 10.7 Å². The molecule has 1 aliphatic carbocycles. The van der Waals surface area contributed by atoms with Gasteiger partial charge >= 0.3 is 0 Å². The Morgan fingerprint density at radius 2 is 2.29 bits per heavy atom. The number of rotatable bonds is 2. The molecular weight excluding hydrogens is 257 g/mol. The number of halogens is 2. The first kappa shape index (κ1) is 12.3. The van der Waals surface area contributed by atoms with Crippen LogP contribution in [0.1, 0.15) is 12.5 Å². The first-order valence-electron chi connectivity index (χ1n) is 5.20. The van der Waals surface area contributed by atoms with Crippen molar-refractivity contribution in [3.05, 3.63) is 53.4 Å². The number of ketones is 1. The molecule has 17 heavy (non-hydrogen) atoms. The van der Waals surface area contributed by atoms with Crippen molar-refractivity contribution < 1.29 is 4.79 Å². The number of allylic oxidation sites excluding steroid dienone is 4. The second-order valence-electron chi connectivity index (χ2n) is 3.99. The van der Waals surface area contributed by atoms with E-state index in [0.29, 0.717) is 5.03 Å². The van der Waals surface area contributed by atoms with Crippen LogP contribution in [-0.4, -0.2) is 10.8 Å².